The van der Waals surface area contributed by atoms with E-state index in [9.17, 15) is 9.18 Å². The highest BCUT2D eigenvalue weighted by atomic mass is 19.1. The van der Waals surface area contributed by atoms with E-state index >= 15 is 0 Å². The number of fused-ring (bicyclic) bond motifs is 1. The van der Waals surface area contributed by atoms with Gasteiger partial charge in [-0.2, -0.15) is 0 Å². The molecule has 0 saturated carbocycles. The summed E-state index contributed by atoms with van der Waals surface area (Å²) in [6.07, 6.45) is 5.20. The molecule has 2 aliphatic rings. The van der Waals surface area contributed by atoms with Crippen LogP contribution in [-0.2, 0) is 29.0 Å². The summed E-state index contributed by atoms with van der Waals surface area (Å²) in [5.41, 5.74) is 4.61. The fraction of sp³-hybridized carbons (Fsp3) is 0.500. The summed E-state index contributed by atoms with van der Waals surface area (Å²) in [5.74, 6) is 2.23. The number of benzene rings is 3. The predicted molar refractivity (Wildman–Crippen MR) is 199 cm³/mol. The third kappa shape index (κ3) is 8.83. The maximum absolute atomic E-state index is 14.3. The number of likely N-dealkylation sites (tertiary alicyclic amines) is 2. The first kappa shape index (κ1) is 38.1. The maximum Gasteiger partial charge on any atom is 0.229 e. The number of rotatable bonds is 16. The standard InChI is InChI=1S/C40H52FN5O4.H2O/c1-5-50-24-23-46-35-10-7-6-9-34(35)43-39(46)42-33-15-20-44(21-16-33)19-8-17-40(27-30-11-13-32(41)14-12-30)18-22-45(38(40)47)28-31-25-29(2)37(49-4)36(26-31)48-3;/h6-7,9-14,25-26,33H,5,8,15-24,27-28H2,1-4H3,(H,42,43);1H2. The van der Waals surface area contributed by atoms with E-state index in [1.54, 1.807) is 14.2 Å². The van der Waals surface area contributed by atoms with E-state index in [0.717, 1.165) is 92.0 Å². The summed E-state index contributed by atoms with van der Waals surface area (Å²) in [4.78, 5) is 23.7. The number of aryl methyl sites for hydroxylation is 1. The highest BCUT2D eigenvalue weighted by Gasteiger charge is 2.46. The molecule has 0 radical (unpaired) electrons. The van der Waals surface area contributed by atoms with Gasteiger partial charge in [-0.25, -0.2) is 9.37 Å². The Morgan fingerprint density at radius 1 is 0.980 bits per heavy atom. The normalized spacial score (nSPS) is 18.3. The van der Waals surface area contributed by atoms with Crippen molar-refractivity contribution >= 4 is 22.9 Å². The van der Waals surface area contributed by atoms with Crippen LogP contribution in [0.4, 0.5) is 10.3 Å². The molecule has 3 N–H and O–H groups in total. The molecule has 6 rings (SSSR count). The first-order chi connectivity index (χ1) is 24.3. The fourth-order valence-electron chi connectivity index (χ4n) is 7.90. The summed E-state index contributed by atoms with van der Waals surface area (Å²) in [6, 6.07) is 19.3. The lowest BCUT2D eigenvalue weighted by Crippen LogP contribution is -2.41. The second-order valence-electron chi connectivity index (χ2n) is 13.8. The van der Waals surface area contributed by atoms with Gasteiger partial charge in [-0.05, 0) is 106 Å². The van der Waals surface area contributed by atoms with Gasteiger partial charge >= 0.3 is 0 Å². The van der Waals surface area contributed by atoms with Crippen LogP contribution in [0.1, 0.15) is 55.7 Å². The highest BCUT2D eigenvalue weighted by molar-refractivity contribution is 5.85. The molecule has 2 fully saturated rings. The first-order valence-corrected chi connectivity index (χ1v) is 18.1. The number of carbonyl (C=O) groups excluding carboxylic acids is 1. The second-order valence-corrected chi connectivity index (χ2v) is 13.8. The number of imidazole rings is 1. The van der Waals surface area contributed by atoms with Gasteiger partial charge in [0, 0.05) is 45.4 Å². The van der Waals surface area contributed by atoms with Crippen molar-refractivity contribution in [1.29, 1.82) is 0 Å². The molecule has 2 saturated heterocycles. The van der Waals surface area contributed by atoms with Crippen molar-refractivity contribution < 1.29 is 28.9 Å². The number of para-hydroxylation sites is 2. The molecule has 276 valence electrons. The minimum Gasteiger partial charge on any atom is -0.493 e. The molecule has 3 heterocycles. The monoisotopic (exact) mass is 703 g/mol. The Morgan fingerprint density at radius 3 is 2.47 bits per heavy atom. The zero-order valence-electron chi connectivity index (χ0n) is 30.6. The molecule has 1 amide bonds. The van der Waals surface area contributed by atoms with E-state index in [-0.39, 0.29) is 17.2 Å². The van der Waals surface area contributed by atoms with Crippen molar-refractivity contribution in [2.45, 2.75) is 71.5 Å². The van der Waals surface area contributed by atoms with Crippen LogP contribution in [0.2, 0.25) is 0 Å². The minimum absolute atomic E-state index is 0. The van der Waals surface area contributed by atoms with Crippen LogP contribution in [-0.4, -0.2) is 90.4 Å². The Morgan fingerprint density at radius 2 is 1.75 bits per heavy atom. The maximum atomic E-state index is 14.3. The number of amides is 1. The molecule has 1 atom stereocenters. The lowest BCUT2D eigenvalue weighted by Gasteiger charge is -2.34. The van der Waals surface area contributed by atoms with Crippen molar-refractivity contribution in [1.82, 2.24) is 19.4 Å². The Kier molecular flexibility index (Phi) is 12.9. The van der Waals surface area contributed by atoms with Crippen molar-refractivity contribution in [2.24, 2.45) is 5.41 Å². The summed E-state index contributed by atoms with van der Waals surface area (Å²) in [6.45, 7) is 10.3. The van der Waals surface area contributed by atoms with Crippen LogP contribution < -0.4 is 14.8 Å². The summed E-state index contributed by atoms with van der Waals surface area (Å²) >= 11 is 0. The fourth-order valence-corrected chi connectivity index (χ4v) is 7.90. The number of carbonyl (C=O) groups is 1. The van der Waals surface area contributed by atoms with Crippen molar-refractivity contribution in [3.05, 3.63) is 83.2 Å². The first-order valence-electron chi connectivity index (χ1n) is 18.1. The Balaban J connectivity index is 0.00000504. The smallest absolute Gasteiger partial charge is 0.229 e. The van der Waals surface area contributed by atoms with Crippen molar-refractivity contribution in [2.75, 3.05) is 58.9 Å². The third-order valence-electron chi connectivity index (χ3n) is 10.5. The van der Waals surface area contributed by atoms with E-state index in [2.05, 4.69) is 39.0 Å². The molecular formula is C40H54FN5O5. The Labute approximate surface area is 301 Å². The molecule has 0 spiro atoms. The van der Waals surface area contributed by atoms with E-state index in [4.69, 9.17) is 19.2 Å². The number of nitrogens with zero attached hydrogens (tertiary/aromatic N) is 4. The van der Waals surface area contributed by atoms with Crippen molar-refractivity contribution in [3.8, 4) is 11.5 Å². The molecule has 0 aliphatic carbocycles. The van der Waals surface area contributed by atoms with Crippen LogP contribution >= 0.6 is 0 Å². The van der Waals surface area contributed by atoms with Crippen LogP contribution in [0.25, 0.3) is 11.0 Å². The van der Waals surface area contributed by atoms with E-state index in [1.807, 2.05) is 43.0 Å². The van der Waals surface area contributed by atoms with E-state index in [0.29, 0.717) is 50.3 Å². The molecular weight excluding hydrogens is 649 g/mol. The van der Waals surface area contributed by atoms with Crippen LogP contribution in [0.5, 0.6) is 11.5 Å². The number of aromatic nitrogens is 2. The van der Waals surface area contributed by atoms with Gasteiger partial charge in [0.25, 0.3) is 0 Å². The Hall–Kier alpha value is -4.19. The summed E-state index contributed by atoms with van der Waals surface area (Å²) in [7, 11) is 3.28. The van der Waals surface area contributed by atoms with Gasteiger partial charge in [-0.3, -0.25) is 4.79 Å². The number of piperidine rings is 1. The molecule has 11 heteroatoms. The lowest BCUT2D eigenvalue weighted by atomic mass is 9.76. The van der Waals surface area contributed by atoms with E-state index < -0.39 is 5.41 Å². The van der Waals surface area contributed by atoms with Gasteiger partial charge in [0.05, 0.1) is 37.3 Å². The van der Waals surface area contributed by atoms with Crippen molar-refractivity contribution in [3.63, 3.8) is 0 Å². The second kappa shape index (κ2) is 17.4. The lowest BCUT2D eigenvalue weighted by molar-refractivity contribution is -0.137. The summed E-state index contributed by atoms with van der Waals surface area (Å²) < 4.78 is 32.8. The molecule has 1 aromatic heterocycles. The average Bonchev–Trinajstić information content (AvgIpc) is 3.62. The SMILES string of the molecule is CCOCCn1c(NC2CCN(CCCC3(Cc4ccc(F)cc4)CCN(Cc4cc(C)c(OC)c(OC)c4)C3=O)CC2)nc2ccccc21.O. The zero-order valence-corrected chi connectivity index (χ0v) is 30.6. The van der Waals surface area contributed by atoms with Gasteiger partial charge < -0.3 is 39.4 Å². The summed E-state index contributed by atoms with van der Waals surface area (Å²) in [5, 5.41) is 3.75. The largest absolute Gasteiger partial charge is 0.493 e. The highest BCUT2D eigenvalue weighted by Crippen LogP contribution is 2.41. The number of halogens is 1. The molecule has 51 heavy (non-hydrogen) atoms. The van der Waals surface area contributed by atoms with Gasteiger partial charge in [0.2, 0.25) is 11.9 Å². The van der Waals surface area contributed by atoms with Gasteiger partial charge in [-0.15, -0.1) is 0 Å². The van der Waals surface area contributed by atoms with Crippen LogP contribution in [0.3, 0.4) is 0 Å². The predicted octanol–water partition coefficient (Wildman–Crippen LogP) is 6.03. The zero-order chi connectivity index (χ0) is 35.1. The average molecular weight is 704 g/mol. The number of hydrogen-bond acceptors (Lipinski definition) is 7. The molecule has 0 bridgehead atoms. The third-order valence-corrected chi connectivity index (χ3v) is 10.5. The van der Waals surface area contributed by atoms with E-state index in [1.165, 1.54) is 12.1 Å². The molecule has 3 aromatic carbocycles. The van der Waals surface area contributed by atoms with Gasteiger partial charge in [0.1, 0.15) is 5.82 Å². The molecule has 2 aliphatic heterocycles. The molecule has 1 unspecified atom stereocenters. The van der Waals surface area contributed by atoms with Gasteiger partial charge in [0.15, 0.2) is 11.5 Å². The number of hydrogen-bond donors (Lipinski definition) is 1. The number of anilines is 1. The number of nitrogens with one attached hydrogen (secondary N) is 1. The number of methoxy groups -OCH3 is 2. The minimum atomic E-state index is -0.510. The Bertz CT molecular complexity index is 1740. The molecule has 10 nitrogen and oxygen atoms in total. The number of ether oxygens (including phenoxy) is 3. The van der Waals surface area contributed by atoms with Crippen LogP contribution in [0.15, 0.2) is 60.7 Å². The van der Waals surface area contributed by atoms with Gasteiger partial charge in [-0.1, -0.05) is 30.3 Å². The quantitative estimate of drug-likeness (QED) is 0.142. The topological polar surface area (TPSA) is 113 Å². The van der Waals surface area contributed by atoms with Crippen LogP contribution in [0, 0.1) is 18.2 Å². The molecule has 4 aromatic rings.